The molecule has 230 valence electrons. The molecule has 0 aromatic heterocycles. The van der Waals surface area contributed by atoms with Gasteiger partial charge < -0.3 is 24.4 Å². The second-order valence-corrected chi connectivity index (χ2v) is 12.0. The number of anilines is 1. The van der Waals surface area contributed by atoms with E-state index in [9.17, 15) is 19.5 Å². The summed E-state index contributed by atoms with van der Waals surface area (Å²) in [6.07, 6.45) is 7.88. The maximum atomic E-state index is 14.8. The molecule has 8 heteroatoms. The number of amides is 2. The maximum Gasteiger partial charge on any atom is 0.312 e. The van der Waals surface area contributed by atoms with Crippen molar-refractivity contribution in [3.8, 4) is 0 Å². The fourth-order valence-corrected chi connectivity index (χ4v) is 7.70. The Bertz CT molecular complexity index is 1390. The molecule has 3 fully saturated rings. The molecule has 0 radical (unpaired) electrons. The molecule has 0 aliphatic carbocycles. The molecule has 0 saturated carbocycles. The Morgan fingerprint density at radius 3 is 2.58 bits per heavy atom. The number of likely N-dealkylation sites (tertiary alicyclic amines) is 1. The monoisotopic (exact) mass is 588 g/mol. The summed E-state index contributed by atoms with van der Waals surface area (Å²) in [6.45, 7) is 11.7. The van der Waals surface area contributed by atoms with Gasteiger partial charge in [-0.15, -0.1) is 13.2 Å². The summed E-state index contributed by atoms with van der Waals surface area (Å²) in [4.78, 5) is 46.2. The number of ether oxygens (including phenoxy) is 2. The van der Waals surface area contributed by atoms with Crippen molar-refractivity contribution in [3.63, 3.8) is 0 Å². The van der Waals surface area contributed by atoms with Crippen molar-refractivity contribution < 1.29 is 29.0 Å². The Hall–Kier alpha value is -3.49. The molecule has 2 aromatic rings. The Morgan fingerprint density at radius 2 is 1.91 bits per heavy atom. The Labute approximate surface area is 254 Å². The van der Waals surface area contributed by atoms with Crippen molar-refractivity contribution >= 4 is 34.2 Å². The number of esters is 1. The van der Waals surface area contributed by atoms with Gasteiger partial charge in [-0.1, -0.05) is 56.3 Å². The van der Waals surface area contributed by atoms with Crippen LogP contribution in [0.2, 0.25) is 0 Å². The summed E-state index contributed by atoms with van der Waals surface area (Å²) < 4.78 is 12.6. The SMILES string of the molecule is C=CCCCCOC(=O)[C@@H]1[C@H]2C(=O)N([C@@H](CC)CO)C(C(=O)N(CC=C)c3ccc4ccccc4c3)C23CC[C@@]1(CC)O3. The van der Waals surface area contributed by atoms with E-state index in [0.717, 1.165) is 23.6 Å². The zero-order valence-corrected chi connectivity index (χ0v) is 25.4. The van der Waals surface area contributed by atoms with Crippen LogP contribution in [0.25, 0.3) is 10.8 Å². The molecule has 3 aliphatic heterocycles. The van der Waals surface area contributed by atoms with Crippen LogP contribution in [0.1, 0.15) is 58.8 Å². The first-order chi connectivity index (χ1) is 20.8. The van der Waals surface area contributed by atoms with E-state index in [0.29, 0.717) is 37.8 Å². The first-order valence-corrected chi connectivity index (χ1v) is 15.6. The highest BCUT2D eigenvalue weighted by molar-refractivity contribution is 6.05. The summed E-state index contributed by atoms with van der Waals surface area (Å²) in [6, 6.07) is 12.2. The molecule has 3 heterocycles. The molecule has 1 spiro atoms. The number of rotatable bonds is 14. The number of benzene rings is 2. The van der Waals surface area contributed by atoms with Gasteiger partial charge in [0.2, 0.25) is 5.91 Å². The van der Waals surface area contributed by atoms with E-state index in [1.165, 1.54) is 4.90 Å². The van der Waals surface area contributed by atoms with E-state index in [2.05, 4.69) is 13.2 Å². The highest BCUT2D eigenvalue weighted by Gasteiger charge is 2.79. The first kappa shape index (κ1) is 31.0. The fraction of sp³-hybridized carbons (Fsp3) is 0.514. The van der Waals surface area contributed by atoms with Crippen LogP contribution in [0.15, 0.2) is 67.8 Å². The normalized spacial score (nSPS) is 28.1. The zero-order chi connectivity index (χ0) is 30.8. The minimum atomic E-state index is -1.20. The van der Waals surface area contributed by atoms with Gasteiger partial charge in [0, 0.05) is 12.2 Å². The van der Waals surface area contributed by atoms with Crippen LogP contribution in [0.3, 0.4) is 0 Å². The van der Waals surface area contributed by atoms with Crippen LogP contribution in [0.5, 0.6) is 0 Å². The van der Waals surface area contributed by atoms with Gasteiger partial charge in [-0.3, -0.25) is 14.4 Å². The first-order valence-electron chi connectivity index (χ1n) is 15.6. The third kappa shape index (κ3) is 5.08. The van der Waals surface area contributed by atoms with Crippen LogP contribution in [-0.2, 0) is 23.9 Å². The lowest BCUT2D eigenvalue weighted by Gasteiger charge is -2.39. The van der Waals surface area contributed by atoms with E-state index in [1.807, 2.05) is 62.4 Å². The average Bonchev–Trinajstić information content (AvgIpc) is 3.63. The highest BCUT2D eigenvalue weighted by atomic mass is 16.6. The molecule has 3 saturated heterocycles. The minimum absolute atomic E-state index is 0.224. The van der Waals surface area contributed by atoms with Crippen LogP contribution in [0, 0.1) is 11.8 Å². The fourth-order valence-electron chi connectivity index (χ4n) is 7.70. The minimum Gasteiger partial charge on any atom is -0.465 e. The molecule has 2 amide bonds. The van der Waals surface area contributed by atoms with Gasteiger partial charge in [0.05, 0.1) is 30.8 Å². The number of carbonyl (C=O) groups excluding carboxylic acids is 3. The Morgan fingerprint density at radius 1 is 1.14 bits per heavy atom. The Kier molecular flexibility index (Phi) is 9.09. The van der Waals surface area contributed by atoms with Gasteiger partial charge >= 0.3 is 5.97 Å². The van der Waals surface area contributed by atoms with Gasteiger partial charge in [0.25, 0.3) is 5.91 Å². The molecule has 1 N–H and O–H groups in total. The van der Waals surface area contributed by atoms with Crippen LogP contribution < -0.4 is 4.90 Å². The number of allylic oxidation sites excluding steroid dienone is 1. The molecule has 43 heavy (non-hydrogen) atoms. The average molecular weight is 589 g/mol. The molecule has 6 atom stereocenters. The standard InChI is InChI=1S/C35H44N2O6/c1-5-9-10-13-21-42-33(41)29-28-31(39)37(26(7-3)23-38)30(35(28)19-18-34(29,8-4)43-35)32(40)36(20-6-2)27-17-16-24-14-11-12-15-25(24)22-27/h5-6,11-12,14-17,22,26,28-30,38H,1-2,7-10,13,18-21,23H2,3-4H3/t26-,28-,29-,30?,34+,35?/m0/s1. The lowest BCUT2D eigenvalue weighted by Crippen LogP contribution is -2.59. The summed E-state index contributed by atoms with van der Waals surface area (Å²) in [5.41, 5.74) is -1.40. The molecule has 2 bridgehead atoms. The predicted octanol–water partition coefficient (Wildman–Crippen LogP) is 5.18. The van der Waals surface area contributed by atoms with Crippen molar-refractivity contribution in [1.29, 1.82) is 0 Å². The number of hydrogen-bond acceptors (Lipinski definition) is 6. The van der Waals surface area contributed by atoms with Gasteiger partial charge in [0.15, 0.2) is 0 Å². The zero-order valence-electron chi connectivity index (χ0n) is 25.4. The Balaban J connectivity index is 1.55. The molecule has 5 rings (SSSR count). The second-order valence-electron chi connectivity index (χ2n) is 12.0. The third-order valence-electron chi connectivity index (χ3n) is 9.85. The largest absolute Gasteiger partial charge is 0.465 e. The molecule has 2 unspecified atom stereocenters. The quantitative estimate of drug-likeness (QED) is 0.186. The van der Waals surface area contributed by atoms with Gasteiger partial charge in [-0.25, -0.2) is 0 Å². The van der Waals surface area contributed by atoms with Crippen molar-refractivity contribution in [3.05, 3.63) is 67.8 Å². The molecule has 3 aliphatic rings. The van der Waals surface area contributed by atoms with E-state index in [1.54, 1.807) is 11.0 Å². The van der Waals surface area contributed by atoms with E-state index in [-0.39, 0.29) is 31.6 Å². The number of unbranched alkanes of at least 4 members (excludes halogenated alkanes) is 2. The van der Waals surface area contributed by atoms with Crippen molar-refractivity contribution in [1.82, 2.24) is 4.90 Å². The molecular formula is C35H44N2O6. The molecule has 8 nitrogen and oxygen atoms in total. The highest BCUT2D eigenvalue weighted by Crippen LogP contribution is 2.65. The molecular weight excluding hydrogens is 544 g/mol. The lowest BCUT2D eigenvalue weighted by molar-refractivity contribution is -0.162. The number of carbonyl (C=O) groups is 3. The van der Waals surface area contributed by atoms with Crippen LogP contribution in [0.4, 0.5) is 5.69 Å². The summed E-state index contributed by atoms with van der Waals surface area (Å²) in [7, 11) is 0. The van der Waals surface area contributed by atoms with Gasteiger partial charge in [-0.05, 0) is 67.9 Å². The number of nitrogens with zero attached hydrogens (tertiary/aromatic N) is 2. The lowest BCUT2D eigenvalue weighted by atomic mass is 9.65. The summed E-state index contributed by atoms with van der Waals surface area (Å²) in [5.74, 6) is -2.74. The summed E-state index contributed by atoms with van der Waals surface area (Å²) >= 11 is 0. The predicted molar refractivity (Wildman–Crippen MR) is 166 cm³/mol. The maximum absolute atomic E-state index is 14.8. The third-order valence-corrected chi connectivity index (χ3v) is 9.85. The number of fused-ring (bicyclic) bond motifs is 2. The van der Waals surface area contributed by atoms with Crippen LogP contribution in [-0.4, -0.2) is 70.8 Å². The van der Waals surface area contributed by atoms with Crippen LogP contribution >= 0.6 is 0 Å². The second kappa shape index (κ2) is 12.6. The van der Waals surface area contributed by atoms with E-state index >= 15 is 0 Å². The van der Waals surface area contributed by atoms with Crippen molar-refractivity contribution in [2.45, 2.75) is 82.1 Å². The van der Waals surface area contributed by atoms with Crippen molar-refractivity contribution in [2.24, 2.45) is 11.8 Å². The van der Waals surface area contributed by atoms with Gasteiger partial charge in [0.1, 0.15) is 17.6 Å². The molecule has 2 aromatic carbocycles. The van der Waals surface area contributed by atoms with Crippen molar-refractivity contribution in [2.75, 3.05) is 24.7 Å². The number of aliphatic hydroxyl groups is 1. The number of aliphatic hydroxyl groups excluding tert-OH is 1. The van der Waals surface area contributed by atoms with Gasteiger partial charge in [-0.2, -0.15) is 0 Å². The number of hydrogen-bond donors (Lipinski definition) is 1. The smallest absolute Gasteiger partial charge is 0.312 e. The van der Waals surface area contributed by atoms with E-state index < -0.39 is 41.1 Å². The topological polar surface area (TPSA) is 96.4 Å². The summed E-state index contributed by atoms with van der Waals surface area (Å²) in [5, 5.41) is 12.4. The van der Waals surface area contributed by atoms with E-state index in [4.69, 9.17) is 9.47 Å².